The molecule has 0 aliphatic carbocycles. The molecule has 3 aromatic carbocycles. The lowest BCUT2D eigenvalue weighted by molar-refractivity contribution is -0.130. The third-order valence-electron chi connectivity index (χ3n) is 5.06. The van der Waals surface area contributed by atoms with Crippen molar-refractivity contribution in [3.63, 3.8) is 0 Å². The van der Waals surface area contributed by atoms with Crippen molar-refractivity contribution in [3.8, 4) is 5.75 Å². The summed E-state index contributed by atoms with van der Waals surface area (Å²) in [6.07, 6.45) is 0. The van der Waals surface area contributed by atoms with E-state index >= 15 is 0 Å². The normalized spacial score (nSPS) is 16.4. The lowest BCUT2D eigenvalue weighted by Crippen LogP contribution is -2.29. The van der Waals surface area contributed by atoms with Crippen molar-refractivity contribution < 1.29 is 14.6 Å². The molecule has 0 saturated carbocycles. The molecule has 0 bridgehead atoms. The molecule has 4 rings (SSSR count). The van der Waals surface area contributed by atoms with Crippen molar-refractivity contribution in [3.05, 3.63) is 106 Å². The molecule has 0 saturated heterocycles. The fourth-order valence-corrected chi connectivity index (χ4v) is 3.81. The number of methoxy groups -OCH3 is 1. The van der Waals surface area contributed by atoms with Crippen LogP contribution in [0.4, 0.5) is 0 Å². The third-order valence-corrected chi connectivity index (χ3v) is 5.31. The van der Waals surface area contributed by atoms with Crippen LogP contribution in [0.2, 0.25) is 5.02 Å². The van der Waals surface area contributed by atoms with Crippen molar-refractivity contribution in [1.82, 2.24) is 4.90 Å². The Kier molecular flexibility index (Phi) is 5.28. The maximum atomic E-state index is 13.1. The Bertz CT molecular complexity index is 1060. The predicted molar refractivity (Wildman–Crippen MR) is 114 cm³/mol. The molecule has 0 fully saturated rings. The molecule has 146 valence electrons. The molecule has 5 heteroatoms. The molecule has 29 heavy (non-hydrogen) atoms. The molecule has 0 radical (unpaired) electrons. The third kappa shape index (κ3) is 3.71. The largest absolute Gasteiger partial charge is 0.503 e. The lowest BCUT2D eigenvalue weighted by atomic mass is 9.93. The molecule has 3 aromatic rings. The van der Waals surface area contributed by atoms with Gasteiger partial charge in [0.15, 0.2) is 5.76 Å². The van der Waals surface area contributed by atoms with Crippen molar-refractivity contribution in [2.75, 3.05) is 7.11 Å². The second-order valence-electron chi connectivity index (χ2n) is 6.87. The highest BCUT2D eigenvalue weighted by atomic mass is 35.5. The van der Waals surface area contributed by atoms with E-state index < -0.39 is 11.9 Å². The van der Waals surface area contributed by atoms with E-state index in [0.717, 1.165) is 22.4 Å². The van der Waals surface area contributed by atoms with Gasteiger partial charge < -0.3 is 14.7 Å². The molecular weight excluding hydrogens is 386 g/mol. The SMILES string of the molecule is COc1cccc(CN2C(=O)C(O)=C(c3ccccc3)[C@H]2c2ccc(Cl)cc2)c1. The van der Waals surface area contributed by atoms with E-state index in [1.165, 1.54) is 0 Å². The molecule has 0 unspecified atom stereocenters. The van der Waals surface area contributed by atoms with Gasteiger partial charge in [-0.3, -0.25) is 4.79 Å². The Morgan fingerprint density at radius 2 is 1.72 bits per heavy atom. The zero-order valence-corrected chi connectivity index (χ0v) is 16.6. The molecule has 1 N–H and O–H groups in total. The van der Waals surface area contributed by atoms with Gasteiger partial charge in [0.2, 0.25) is 0 Å². The molecule has 1 aliphatic rings. The van der Waals surface area contributed by atoms with Crippen molar-refractivity contribution >= 4 is 23.1 Å². The molecule has 1 amide bonds. The average Bonchev–Trinajstić information content (AvgIpc) is 3.00. The van der Waals surface area contributed by atoms with Crippen LogP contribution in [0, 0.1) is 0 Å². The summed E-state index contributed by atoms with van der Waals surface area (Å²) in [6, 6.07) is 24.0. The van der Waals surface area contributed by atoms with Crippen LogP contribution < -0.4 is 4.74 Å². The van der Waals surface area contributed by atoms with Crippen LogP contribution in [0.25, 0.3) is 5.57 Å². The first-order valence-electron chi connectivity index (χ1n) is 9.26. The Morgan fingerprint density at radius 3 is 2.41 bits per heavy atom. The molecule has 1 heterocycles. The maximum absolute atomic E-state index is 13.1. The molecule has 1 aliphatic heterocycles. The van der Waals surface area contributed by atoms with Gasteiger partial charge in [0.25, 0.3) is 5.91 Å². The number of halogens is 1. The molecule has 0 aromatic heterocycles. The number of hydrogen-bond donors (Lipinski definition) is 1. The smallest absolute Gasteiger partial charge is 0.290 e. The fourth-order valence-electron chi connectivity index (χ4n) is 3.69. The summed E-state index contributed by atoms with van der Waals surface area (Å²) < 4.78 is 5.30. The maximum Gasteiger partial charge on any atom is 0.290 e. The summed E-state index contributed by atoms with van der Waals surface area (Å²) in [6.45, 7) is 0.337. The Hall–Kier alpha value is -3.24. The highest BCUT2D eigenvalue weighted by molar-refractivity contribution is 6.30. The monoisotopic (exact) mass is 405 g/mol. The van der Waals surface area contributed by atoms with E-state index in [1.807, 2.05) is 66.7 Å². The van der Waals surface area contributed by atoms with E-state index in [4.69, 9.17) is 16.3 Å². The zero-order valence-electron chi connectivity index (χ0n) is 15.9. The minimum absolute atomic E-state index is 0.223. The number of aliphatic hydroxyl groups excluding tert-OH is 1. The van der Waals surface area contributed by atoms with E-state index in [-0.39, 0.29) is 5.76 Å². The van der Waals surface area contributed by atoms with Gasteiger partial charge in [-0.2, -0.15) is 0 Å². The van der Waals surface area contributed by atoms with Crippen LogP contribution in [-0.2, 0) is 11.3 Å². The average molecular weight is 406 g/mol. The summed E-state index contributed by atoms with van der Waals surface area (Å²) in [4.78, 5) is 14.7. The Labute approximate surface area is 174 Å². The number of carbonyl (C=O) groups excluding carboxylic acids is 1. The second-order valence-corrected chi connectivity index (χ2v) is 7.30. The first-order chi connectivity index (χ1) is 14.1. The van der Waals surface area contributed by atoms with Gasteiger partial charge in [-0.15, -0.1) is 0 Å². The minimum atomic E-state index is -0.423. The lowest BCUT2D eigenvalue weighted by Gasteiger charge is -2.27. The Balaban J connectivity index is 1.79. The van der Waals surface area contributed by atoms with E-state index in [1.54, 1.807) is 24.1 Å². The number of benzene rings is 3. The summed E-state index contributed by atoms with van der Waals surface area (Å²) in [5.74, 6) is 0.100. The van der Waals surface area contributed by atoms with Crippen LogP contribution >= 0.6 is 11.6 Å². The number of ether oxygens (including phenoxy) is 1. The molecule has 1 atom stereocenters. The number of nitrogens with zero attached hydrogens (tertiary/aromatic N) is 1. The van der Waals surface area contributed by atoms with Crippen LogP contribution in [-0.4, -0.2) is 23.0 Å². The number of rotatable bonds is 5. The van der Waals surface area contributed by atoms with E-state index in [0.29, 0.717) is 17.1 Å². The van der Waals surface area contributed by atoms with Crippen LogP contribution in [0.3, 0.4) is 0 Å². The number of aliphatic hydroxyl groups is 1. The summed E-state index contributed by atoms with van der Waals surface area (Å²) in [5, 5.41) is 11.4. The van der Waals surface area contributed by atoms with Gasteiger partial charge in [-0.1, -0.05) is 66.2 Å². The zero-order chi connectivity index (χ0) is 20.4. The fraction of sp³-hybridized carbons (Fsp3) is 0.125. The number of hydrogen-bond acceptors (Lipinski definition) is 3. The highest BCUT2D eigenvalue weighted by Crippen LogP contribution is 2.43. The Morgan fingerprint density at radius 1 is 1.00 bits per heavy atom. The highest BCUT2D eigenvalue weighted by Gasteiger charge is 2.40. The van der Waals surface area contributed by atoms with Gasteiger partial charge >= 0.3 is 0 Å². The van der Waals surface area contributed by atoms with Gasteiger partial charge in [0.05, 0.1) is 13.2 Å². The van der Waals surface area contributed by atoms with Crippen LogP contribution in [0.5, 0.6) is 5.75 Å². The summed E-state index contributed by atoms with van der Waals surface area (Å²) >= 11 is 6.07. The second kappa shape index (κ2) is 8.02. The van der Waals surface area contributed by atoms with Crippen molar-refractivity contribution in [2.24, 2.45) is 0 Å². The van der Waals surface area contributed by atoms with E-state index in [2.05, 4.69) is 0 Å². The van der Waals surface area contributed by atoms with Crippen molar-refractivity contribution in [2.45, 2.75) is 12.6 Å². The first-order valence-corrected chi connectivity index (χ1v) is 9.64. The summed E-state index contributed by atoms with van der Waals surface area (Å²) in [5.41, 5.74) is 3.21. The quantitative estimate of drug-likeness (QED) is 0.618. The number of carbonyl (C=O) groups is 1. The molecule has 4 nitrogen and oxygen atoms in total. The summed E-state index contributed by atoms with van der Waals surface area (Å²) in [7, 11) is 1.61. The van der Waals surface area contributed by atoms with E-state index in [9.17, 15) is 9.90 Å². The van der Waals surface area contributed by atoms with Crippen LogP contribution in [0.1, 0.15) is 22.7 Å². The van der Waals surface area contributed by atoms with Crippen LogP contribution in [0.15, 0.2) is 84.6 Å². The number of amides is 1. The van der Waals surface area contributed by atoms with Gasteiger partial charge in [-0.25, -0.2) is 0 Å². The standard InChI is InChI=1S/C24H20ClNO3/c1-29-20-9-5-6-16(14-20)15-26-22(18-10-12-19(25)13-11-18)21(23(27)24(26)28)17-7-3-2-4-8-17/h2-14,22,27H,15H2,1H3/t22-/m1/s1. The van der Waals surface area contributed by atoms with Gasteiger partial charge in [-0.05, 0) is 41.0 Å². The first kappa shape index (κ1) is 19.1. The van der Waals surface area contributed by atoms with Crippen molar-refractivity contribution in [1.29, 1.82) is 0 Å². The molecule has 0 spiro atoms. The minimum Gasteiger partial charge on any atom is -0.503 e. The molecular formula is C24H20ClNO3. The van der Waals surface area contributed by atoms with Gasteiger partial charge in [0, 0.05) is 17.1 Å². The predicted octanol–water partition coefficient (Wildman–Crippen LogP) is 5.40. The van der Waals surface area contributed by atoms with Gasteiger partial charge in [0.1, 0.15) is 5.75 Å². The topological polar surface area (TPSA) is 49.8 Å².